The van der Waals surface area contributed by atoms with E-state index in [0.29, 0.717) is 12.8 Å². The third-order valence-corrected chi connectivity index (χ3v) is 4.65. The Balaban J connectivity index is 2.18. The van der Waals surface area contributed by atoms with Crippen LogP contribution >= 0.6 is 0 Å². The zero-order chi connectivity index (χ0) is 14.3. The van der Waals surface area contributed by atoms with Gasteiger partial charge in [0.25, 0.3) is 0 Å². The van der Waals surface area contributed by atoms with Gasteiger partial charge < -0.3 is 10.0 Å². The molecule has 0 spiro atoms. The number of carboxylic acids is 1. The molecule has 1 heterocycles. The topological polar surface area (TPSA) is 57.6 Å². The third kappa shape index (κ3) is 1.54. The molecule has 1 amide bonds. The first kappa shape index (κ1) is 12.9. The van der Waals surface area contributed by atoms with Crippen LogP contribution in [0.3, 0.4) is 0 Å². The van der Waals surface area contributed by atoms with E-state index in [-0.39, 0.29) is 5.91 Å². The maximum atomic E-state index is 12.5. The van der Waals surface area contributed by atoms with Gasteiger partial charge in [0.05, 0.1) is 12.0 Å². The van der Waals surface area contributed by atoms with Gasteiger partial charge in [-0.3, -0.25) is 9.59 Å². The Hall–Kier alpha value is -2.10. The molecule has 0 bridgehead atoms. The number of amides is 1. The number of carbonyl (C=O) groups excluding carboxylic acids is 1. The Labute approximate surface area is 117 Å². The molecule has 1 saturated heterocycles. The molecular weight excluding hydrogens is 254 g/mol. The van der Waals surface area contributed by atoms with Crippen LogP contribution in [0.25, 0.3) is 0 Å². The van der Waals surface area contributed by atoms with Gasteiger partial charge in [-0.05, 0) is 18.4 Å². The summed E-state index contributed by atoms with van der Waals surface area (Å²) < 4.78 is 0. The number of hydrogen-bond acceptors (Lipinski definition) is 2. The van der Waals surface area contributed by atoms with E-state index in [4.69, 9.17) is 0 Å². The molecule has 0 saturated carbocycles. The maximum absolute atomic E-state index is 12.5. The van der Waals surface area contributed by atoms with Crippen LogP contribution in [0.2, 0.25) is 0 Å². The van der Waals surface area contributed by atoms with E-state index in [1.54, 1.807) is 11.9 Å². The minimum Gasteiger partial charge on any atom is -0.481 e. The van der Waals surface area contributed by atoms with Crippen molar-refractivity contribution in [3.63, 3.8) is 0 Å². The van der Waals surface area contributed by atoms with Crippen molar-refractivity contribution < 1.29 is 14.7 Å². The van der Waals surface area contributed by atoms with Crippen LogP contribution in [0.1, 0.15) is 24.4 Å². The van der Waals surface area contributed by atoms with E-state index in [0.717, 1.165) is 5.56 Å². The first-order valence-electron chi connectivity index (χ1n) is 6.79. The normalized spacial score (nSPS) is 32.2. The van der Waals surface area contributed by atoms with Gasteiger partial charge in [0.1, 0.15) is 5.41 Å². The summed E-state index contributed by atoms with van der Waals surface area (Å²) in [6.45, 7) is 0. The Morgan fingerprint density at radius 2 is 2.00 bits per heavy atom. The molecule has 4 nitrogen and oxygen atoms in total. The molecule has 2 aliphatic rings. The van der Waals surface area contributed by atoms with Crippen LogP contribution in [0, 0.1) is 11.3 Å². The molecule has 1 aliphatic heterocycles. The summed E-state index contributed by atoms with van der Waals surface area (Å²) in [5.41, 5.74) is -0.148. The number of rotatable bonds is 2. The van der Waals surface area contributed by atoms with Crippen LogP contribution < -0.4 is 0 Å². The first-order valence-corrected chi connectivity index (χ1v) is 6.79. The number of aliphatic carboxylic acids is 1. The standard InChI is InChI=1S/C16H17NO3/c1-17-13(11-7-3-2-4-8-11)16(15(19)20)10-6-5-9-12(16)14(17)18/h2-8,12-13H,9-10H2,1H3,(H,19,20)/t12-,13-,16-/m0/s1. The highest BCUT2D eigenvalue weighted by Gasteiger charge is 2.62. The van der Waals surface area contributed by atoms with Gasteiger partial charge in [-0.15, -0.1) is 0 Å². The van der Waals surface area contributed by atoms with Crippen LogP contribution in [0.5, 0.6) is 0 Å². The maximum Gasteiger partial charge on any atom is 0.313 e. The Morgan fingerprint density at radius 3 is 2.65 bits per heavy atom. The fourth-order valence-electron chi connectivity index (χ4n) is 3.71. The van der Waals surface area contributed by atoms with Crippen LogP contribution in [-0.2, 0) is 9.59 Å². The fraction of sp³-hybridized carbons (Fsp3) is 0.375. The molecule has 3 rings (SSSR count). The average molecular weight is 271 g/mol. The largest absolute Gasteiger partial charge is 0.481 e. The number of hydrogen-bond donors (Lipinski definition) is 1. The van der Waals surface area contributed by atoms with Gasteiger partial charge in [-0.25, -0.2) is 0 Å². The van der Waals surface area contributed by atoms with E-state index in [9.17, 15) is 14.7 Å². The quantitative estimate of drug-likeness (QED) is 0.839. The van der Waals surface area contributed by atoms with Crippen molar-refractivity contribution in [1.29, 1.82) is 0 Å². The van der Waals surface area contributed by atoms with Gasteiger partial charge in [-0.1, -0.05) is 42.5 Å². The van der Waals surface area contributed by atoms with E-state index in [1.807, 2.05) is 42.5 Å². The zero-order valence-electron chi connectivity index (χ0n) is 11.3. The SMILES string of the molecule is CN1C(=O)[C@@H]2CC=CC[C@@]2(C(=O)O)[C@@H]1c1ccccc1. The number of fused-ring (bicyclic) bond motifs is 1. The van der Waals surface area contributed by atoms with Gasteiger partial charge in [0.15, 0.2) is 0 Å². The highest BCUT2D eigenvalue weighted by molar-refractivity contribution is 5.93. The molecule has 1 N–H and O–H groups in total. The minimum atomic E-state index is -1.04. The Morgan fingerprint density at radius 1 is 1.30 bits per heavy atom. The van der Waals surface area contributed by atoms with E-state index in [2.05, 4.69) is 0 Å². The molecule has 1 fully saturated rings. The summed E-state index contributed by atoms with van der Waals surface area (Å²) in [7, 11) is 1.71. The molecule has 4 heteroatoms. The van der Waals surface area contributed by atoms with Crippen molar-refractivity contribution in [2.24, 2.45) is 11.3 Å². The lowest BCUT2D eigenvalue weighted by Gasteiger charge is -2.36. The first-order chi connectivity index (χ1) is 9.59. The lowest BCUT2D eigenvalue weighted by atomic mass is 9.65. The minimum absolute atomic E-state index is 0.0643. The van der Waals surface area contributed by atoms with Crippen molar-refractivity contribution in [2.75, 3.05) is 7.05 Å². The summed E-state index contributed by atoms with van der Waals surface area (Å²) in [5, 5.41) is 9.85. The molecule has 0 unspecified atom stereocenters. The van der Waals surface area contributed by atoms with Gasteiger partial charge >= 0.3 is 5.97 Å². The van der Waals surface area contributed by atoms with Gasteiger partial charge in [-0.2, -0.15) is 0 Å². The monoisotopic (exact) mass is 271 g/mol. The average Bonchev–Trinajstić information content (AvgIpc) is 2.70. The molecule has 1 aromatic carbocycles. The lowest BCUT2D eigenvalue weighted by Crippen LogP contribution is -2.42. The summed E-state index contributed by atoms with van der Waals surface area (Å²) in [4.78, 5) is 26.1. The van der Waals surface area contributed by atoms with Crippen LogP contribution in [-0.4, -0.2) is 28.9 Å². The van der Waals surface area contributed by atoms with E-state index >= 15 is 0 Å². The highest BCUT2D eigenvalue weighted by atomic mass is 16.4. The molecule has 3 atom stereocenters. The summed E-state index contributed by atoms with van der Waals surface area (Å²) in [6, 6.07) is 9.07. The molecule has 0 radical (unpaired) electrons. The molecule has 1 aliphatic carbocycles. The number of carboxylic acid groups (broad SMARTS) is 1. The molecule has 104 valence electrons. The highest BCUT2D eigenvalue weighted by Crippen LogP contribution is 2.56. The Bertz CT molecular complexity index is 581. The van der Waals surface area contributed by atoms with Gasteiger partial charge in [0, 0.05) is 7.05 Å². The van der Waals surface area contributed by atoms with Crippen molar-refractivity contribution in [2.45, 2.75) is 18.9 Å². The third-order valence-electron chi connectivity index (χ3n) is 4.65. The van der Waals surface area contributed by atoms with E-state index < -0.39 is 23.3 Å². The smallest absolute Gasteiger partial charge is 0.313 e. The van der Waals surface area contributed by atoms with Crippen molar-refractivity contribution in [1.82, 2.24) is 4.90 Å². The second-order valence-corrected chi connectivity index (χ2v) is 5.57. The van der Waals surface area contributed by atoms with Crippen molar-refractivity contribution in [3.8, 4) is 0 Å². The van der Waals surface area contributed by atoms with Gasteiger partial charge in [0.2, 0.25) is 5.91 Å². The summed E-state index contributed by atoms with van der Waals surface area (Å²) in [5.74, 6) is -1.40. The predicted molar refractivity (Wildman–Crippen MR) is 73.9 cm³/mol. The fourth-order valence-corrected chi connectivity index (χ4v) is 3.71. The lowest BCUT2D eigenvalue weighted by molar-refractivity contribution is -0.154. The van der Waals surface area contributed by atoms with E-state index in [1.165, 1.54) is 0 Å². The number of allylic oxidation sites excluding steroid dienone is 2. The van der Waals surface area contributed by atoms with Crippen molar-refractivity contribution >= 4 is 11.9 Å². The molecular formula is C16H17NO3. The molecule has 20 heavy (non-hydrogen) atoms. The van der Waals surface area contributed by atoms with Crippen LogP contribution in [0.4, 0.5) is 0 Å². The number of likely N-dealkylation sites (tertiary alicyclic amines) is 1. The number of benzene rings is 1. The summed E-state index contributed by atoms with van der Waals surface area (Å²) >= 11 is 0. The predicted octanol–water partition coefficient (Wildman–Crippen LogP) is 2.24. The second kappa shape index (κ2) is 4.47. The van der Waals surface area contributed by atoms with Crippen LogP contribution in [0.15, 0.2) is 42.5 Å². The molecule has 0 aromatic heterocycles. The summed E-state index contributed by atoms with van der Waals surface area (Å²) in [6.07, 6.45) is 4.74. The van der Waals surface area contributed by atoms with Crippen molar-refractivity contribution in [3.05, 3.63) is 48.0 Å². The second-order valence-electron chi connectivity index (χ2n) is 5.57. The molecule has 1 aromatic rings. The zero-order valence-corrected chi connectivity index (χ0v) is 11.3. The number of carbonyl (C=O) groups is 2. The Kier molecular flexibility index (Phi) is 2.89. The number of nitrogens with zero attached hydrogens (tertiary/aromatic N) is 1.